The number of pyridine rings is 1. The Morgan fingerprint density at radius 2 is 1.68 bits per heavy atom. The number of hydrogen-bond donors (Lipinski definition) is 1. The van der Waals surface area contributed by atoms with Crippen LogP contribution in [0.3, 0.4) is 0 Å². The molecule has 1 N–H and O–H groups in total. The summed E-state index contributed by atoms with van der Waals surface area (Å²) in [5.41, 5.74) is -0.119. The van der Waals surface area contributed by atoms with E-state index in [1.807, 2.05) is 0 Å². The summed E-state index contributed by atoms with van der Waals surface area (Å²) in [7, 11) is 0. The lowest BCUT2D eigenvalue weighted by Gasteiger charge is -2.15. The minimum absolute atomic E-state index is 0.0162. The van der Waals surface area contributed by atoms with Crippen molar-refractivity contribution < 1.29 is 14.3 Å². The Morgan fingerprint density at radius 1 is 0.925 bits per heavy atom. The van der Waals surface area contributed by atoms with E-state index in [0.29, 0.717) is 31.6 Å². The van der Waals surface area contributed by atoms with Crippen molar-refractivity contribution >= 4 is 56.8 Å². The van der Waals surface area contributed by atoms with Crippen molar-refractivity contribution in [2.45, 2.75) is 16.3 Å². The van der Waals surface area contributed by atoms with Gasteiger partial charge in [-0.05, 0) is 60.2 Å². The lowest BCUT2D eigenvalue weighted by atomic mass is 10.1. The molecule has 0 aliphatic carbocycles. The Bertz CT molecular complexity index is 2010. The Morgan fingerprint density at radius 3 is 2.42 bits per heavy atom. The molecule has 0 atom stereocenters. The molecule has 6 aromatic rings. The van der Waals surface area contributed by atoms with E-state index >= 15 is 0 Å². The molecule has 198 valence electrons. The first-order valence-corrected chi connectivity index (χ1v) is 13.4. The minimum Gasteiger partial charge on any atom is -0.505 e. The van der Waals surface area contributed by atoms with Gasteiger partial charge in [0.05, 0.1) is 12.1 Å². The smallest absolute Gasteiger partial charge is 0.354 e. The van der Waals surface area contributed by atoms with Crippen LogP contribution in [0.1, 0.15) is 5.56 Å². The molecule has 8 nitrogen and oxygen atoms in total. The monoisotopic (exact) mass is 589 g/mol. The maximum atomic E-state index is 13.9. The van der Waals surface area contributed by atoms with Crippen molar-refractivity contribution in [2.24, 2.45) is 0 Å². The molecule has 0 unspecified atom stereocenters. The largest absolute Gasteiger partial charge is 0.505 e. The Balaban J connectivity index is 1.46. The highest BCUT2D eigenvalue weighted by atomic mass is 35.5. The van der Waals surface area contributed by atoms with E-state index in [1.54, 1.807) is 85.2 Å². The van der Waals surface area contributed by atoms with Crippen LogP contribution in [0.15, 0.2) is 109 Å². The highest BCUT2D eigenvalue weighted by Gasteiger charge is 2.23. The molecule has 0 aliphatic rings. The second kappa shape index (κ2) is 10.7. The summed E-state index contributed by atoms with van der Waals surface area (Å²) in [5, 5.41) is 12.4. The fourth-order valence-electron chi connectivity index (χ4n) is 4.24. The van der Waals surface area contributed by atoms with Crippen molar-refractivity contribution in [1.29, 1.82) is 0 Å². The molecule has 0 bridgehead atoms. The van der Waals surface area contributed by atoms with Crippen LogP contribution in [0.5, 0.6) is 17.5 Å². The molecule has 0 saturated heterocycles. The van der Waals surface area contributed by atoms with Crippen LogP contribution < -0.4 is 15.9 Å². The van der Waals surface area contributed by atoms with Gasteiger partial charge < -0.3 is 18.8 Å². The van der Waals surface area contributed by atoms with Crippen LogP contribution >= 0.6 is 35.0 Å². The predicted molar refractivity (Wildman–Crippen MR) is 154 cm³/mol. The molecule has 0 spiro atoms. The summed E-state index contributed by atoms with van der Waals surface area (Å²) in [5.74, 6) is 0.0641. The third-order valence-electron chi connectivity index (χ3n) is 6.04. The summed E-state index contributed by atoms with van der Waals surface area (Å²) in [4.78, 5) is 35.4. The van der Waals surface area contributed by atoms with Gasteiger partial charge in [0.25, 0.3) is 5.56 Å². The van der Waals surface area contributed by atoms with Gasteiger partial charge in [0.1, 0.15) is 16.0 Å². The number of fused-ring (bicyclic) bond motifs is 3. The second-order valence-corrected chi connectivity index (χ2v) is 10.6. The molecule has 0 radical (unpaired) electrons. The van der Waals surface area contributed by atoms with Gasteiger partial charge in [-0.15, -0.1) is 0 Å². The van der Waals surface area contributed by atoms with Gasteiger partial charge in [-0.2, -0.15) is 0 Å². The fraction of sp³-hybridized carbons (Fsp3) is 0.0345. The van der Waals surface area contributed by atoms with Crippen molar-refractivity contribution in [3.05, 3.63) is 122 Å². The topological polar surface area (TPSA) is 107 Å². The molecule has 0 fully saturated rings. The van der Waals surface area contributed by atoms with Crippen LogP contribution in [0.25, 0.3) is 21.9 Å². The van der Waals surface area contributed by atoms with Crippen molar-refractivity contribution in [2.75, 3.05) is 0 Å². The van der Waals surface area contributed by atoms with Crippen LogP contribution in [-0.4, -0.2) is 19.6 Å². The quantitative estimate of drug-likeness (QED) is 0.209. The van der Waals surface area contributed by atoms with E-state index in [4.69, 9.17) is 32.4 Å². The van der Waals surface area contributed by atoms with Crippen molar-refractivity contribution in [3.8, 4) is 17.5 Å². The number of nitrogens with zero attached hydrogens (tertiary/aromatic N) is 3. The van der Waals surface area contributed by atoms with Crippen molar-refractivity contribution in [1.82, 2.24) is 14.5 Å². The molecule has 6 rings (SSSR count). The van der Waals surface area contributed by atoms with Crippen LogP contribution in [-0.2, 0) is 6.54 Å². The maximum Gasteiger partial charge on any atom is 0.354 e. The summed E-state index contributed by atoms with van der Waals surface area (Å²) >= 11 is 13.3. The average Bonchev–Trinajstić information content (AvgIpc) is 2.94. The number of aromatic nitrogens is 3. The number of rotatable bonds is 6. The number of ether oxygens (including phenoxy) is 1. The molecule has 0 aliphatic heterocycles. The highest BCUT2D eigenvalue weighted by molar-refractivity contribution is 7.99. The summed E-state index contributed by atoms with van der Waals surface area (Å²) in [6.07, 6.45) is 3.16. The first-order chi connectivity index (χ1) is 19.4. The number of hydrogen-bond acceptors (Lipinski definition) is 8. The lowest BCUT2D eigenvalue weighted by molar-refractivity contribution is 0.441. The molecular weight excluding hydrogens is 573 g/mol. The zero-order valence-electron chi connectivity index (χ0n) is 20.4. The number of aromatic hydroxyl groups is 1. The van der Waals surface area contributed by atoms with E-state index in [9.17, 15) is 14.7 Å². The Kier molecular flexibility index (Phi) is 6.93. The highest BCUT2D eigenvalue weighted by Crippen LogP contribution is 2.38. The Labute approximate surface area is 240 Å². The maximum absolute atomic E-state index is 13.9. The van der Waals surface area contributed by atoms with Gasteiger partial charge in [0, 0.05) is 32.7 Å². The zero-order valence-corrected chi connectivity index (χ0v) is 22.7. The lowest BCUT2D eigenvalue weighted by Crippen LogP contribution is -2.22. The third kappa shape index (κ3) is 5.02. The van der Waals surface area contributed by atoms with Gasteiger partial charge in [0.15, 0.2) is 11.3 Å². The molecule has 3 aromatic carbocycles. The van der Waals surface area contributed by atoms with Gasteiger partial charge >= 0.3 is 11.6 Å². The molecule has 0 saturated carbocycles. The van der Waals surface area contributed by atoms with Crippen LogP contribution in [0.4, 0.5) is 0 Å². The summed E-state index contributed by atoms with van der Waals surface area (Å²) in [6.45, 7) is 0.142. The molecule has 3 aromatic heterocycles. The standard InChI is InChI=1S/C29H17Cl2N3O5S/c30-17-3-1-4-20(13-17)40-26-24(35)23-25(39-28(26)37)21-10-7-18(31)14-22(21)34(27(23)36)15-16-5-8-19(9-6-16)38-29-32-11-2-12-33-29/h1-14,35H,15H2. The van der Waals surface area contributed by atoms with Gasteiger partial charge in [-0.3, -0.25) is 4.79 Å². The SMILES string of the molecule is O=c1oc2c(c(O)c1Sc1cccc(Cl)c1)c(=O)n(Cc1ccc(Oc3ncccn3)cc1)c1cc(Cl)ccc21. The van der Waals surface area contributed by atoms with E-state index in [2.05, 4.69) is 9.97 Å². The minimum atomic E-state index is -0.777. The summed E-state index contributed by atoms with van der Waals surface area (Å²) < 4.78 is 12.8. The second-order valence-electron chi connectivity index (χ2n) is 8.66. The molecular formula is C29H17Cl2N3O5S. The molecule has 40 heavy (non-hydrogen) atoms. The normalized spacial score (nSPS) is 11.2. The van der Waals surface area contributed by atoms with Crippen LogP contribution in [0, 0.1) is 0 Å². The fourth-order valence-corrected chi connectivity index (χ4v) is 5.56. The Hall–Kier alpha value is -4.31. The number of halogens is 2. The van der Waals surface area contributed by atoms with E-state index < -0.39 is 16.9 Å². The first kappa shape index (κ1) is 25.9. The van der Waals surface area contributed by atoms with Crippen LogP contribution in [0.2, 0.25) is 10.0 Å². The van der Waals surface area contributed by atoms with E-state index in [-0.39, 0.29) is 28.4 Å². The number of benzene rings is 3. The van der Waals surface area contributed by atoms with E-state index in [1.165, 1.54) is 4.57 Å². The molecule has 3 heterocycles. The van der Waals surface area contributed by atoms with Gasteiger partial charge in [-0.1, -0.05) is 53.2 Å². The molecule has 11 heteroatoms. The predicted octanol–water partition coefficient (Wildman–Crippen LogP) is 6.90. The van der Waals surface area contributed by atoms with Crippen molar-refractivity contribution in [3.63, 3.8) is 0 Å². The van der Waals surface area contributed by atoms with E-state index in [0.717, 1.165) is 17.3 Å². The zero-order chi connectivity index (χ0) is 27.8. The first-order valence-electron chi connectivity index (χ1n) is 11.9. The summed E-state index contributed by atoms with van der Waals surface area (Å²) in [6, 6.07) is 20.7. The molecule has 0 amide bonds. The van der Waals surface area contributed by atoms with Gasteiger partial charge in [0.2, 0.25) is 0 Å². The average molecular weight is 590 g/mol. The third-order valence-corrected chi connectivity index (χ3v) is 7.57. The van der Waals surface area contributed by atoms with Gasteiger partial charge in [-0.25, -0.2) is 14.8 Å².